The second-order valence-electron chi connectivity index (χ2n) is 4.21. The Morgan fingerprint density at radius 1 is 1.38 bits per heavy atom. The largest absolute Gasteiger partial charge is 0.478 e. The van der Waals surface area contributed by atoms with Crippen molar-refractivity contribution in [3.8, 4) is 0 Å². The Kier molecular flexibility index (Phi) is 4.94. The first-order chi connectivity index (χ1) is 10.1. The highest BCUT2D eigenvalue weighted by Crippen LogP contribution is 2.21. The molecule has 0 aliphatic carbocycles. The number of benzene rings is 1. The van der Waals surface area contributed by atoms with E-state index in [4.69, 9.17) is 5.11 Å². The number of hydrogen-bond donors (Lipinski definition) is 4. The third kappa shape index (κ3) is 4.32. The molecule has 0 radical (unpaired) electrons. The van der Waals surface area contributed by atoms with E-state index in [2.05, 4.69) is 36.5 Å². The number of urea groups is 1. The molecule has 0 spiro atoms. The molecule has 21 heavy (non-hydrogen) atoms. The van der Waals surface area contributed by atoms with Crippen LogP contribution in [-0.4, -0.2) is 33.6 Å². The summed E-state index contributed by atoms with van der Waals surface area (Å²) in [6, 6.07) is 4.18. The highest BCUT2D eigenvalue weighted by atomic mass is 79.9. The number of hydrogen-bond acceptors (Lipinski definition) is 3. The molecule has 7 nitrogen and oxygen atoms in total. The van der Waals surface area contributed by atoms with Gasteiger partial charge in [-0.15, -0.1) is 0 Å². The van der Waals surface area contributed by atoms with Crippen LogP contribution in [0, 0.1) is 0 Å². The molecule has 4 N–H and O–H groups in total. The number of carboxylic acid groups (broad SMARTS) is 1. The zero-order valence-electron chi connectivity index (χ0n) is 10.9. The van der Waals surface area contributed by atoms with E-state index in [0.29, 0.717) is 23.1 Å². The minimum Gasteiger partial charge on any atom is -0.478 e. The van der Waals surface area contributed by atoms with E-state index in [9.17, 15) is 9.59 Å². The summed E-state index contributed by atoms with van der Waals surface area (Å²) in [7, 11) is 0. The van der Waals surface area contributed by atoms with Gasteiger partial charge in [0.15, 0.2) is 0 Å². The molecule has 2 amide bonds. The van der Waals surface area contributed by atoms with Gasteiger partial charge in [-0.25, -0.2) is 14.6 Å². The second-order valence-corrected chi connectivity index (χ2v) is 5.06. The van der Waals surface area contributed by atoms with Gasteiger partial charge >= 0.3 is 12.0 Å². The molecule has 0 fully saturated rings. The monoisotopic (exact) mass is 352 g/mol. The SMILES string of the molecule is O=C(NCCc1cnc[nH]1)Nc1ccc(Br)c(C(=O)O)c1. The summed E-state index contributed by atoms with van der Waals surface area (Å²) in [5, 5.41) is 14.3. The van der Waals surface area contributed by atoms with E-state index >= 15 is 0 Å². The number of aromatic amines is 1. The summed E-state index contributed by atoms with van der Waals surface area (Å²) in [5.41, 5.74) is 1.42. The average Bonchev–Trinajstić information content (AvgIpc) is 2.94. The zero-order chi connectivity index (χ0) is 15.2. The standard InChI is InChI=1S/C13H13BrN4O3/c14-11-2-1-8(5-10(11)12(19)20)18-13(21)16-4-3-9-6-15-7-17-9/h1-2,5-7H,3-4H2,(H,15,17)(H,19,20)(H2,16,18,21). The number of carboxylic acids is 1. The van der Waals surface area contributed by atoms with E-state index in [1.807, 2.05) is 0 Å². The molecule has 1 aromatic carbocycles. The fourth-order valence-electron chi connectivity index (χ4n) is 1.67. The van der Waals surface area contributed by atoms with Crippen LogP contribution in [0.4, 0.5) is 10.5 Å². The van der Waals surface area contributed by atoms with E-state index < -0.39 is 12.0 Å². The Morgan fingerprint density at radius 3 is 2.86 bits per heavy atom. The Bertz CT molecular complexity index is 643. The van der Waals surface area contributed by atoms with Crippen molar-refractivity contribution in [1.29, 1.82) is 0 Å². The summed E-state index contributed by atoms with van der Waals surface area (Å²) in [6.07, 6.45) is 3.90. The maximum absolute atomic E-state index is 11.7. The van der Waals surface area contributed by atoms with E-state index in [-0.39, 0.29) is 5.56 Å². The fourth-order valence-corrected chi connectivity index (χ4v) is 2.09. The first-order valence-electron chi connectivity index (χ1n) is 6.11. The van der Waals surface area contributed by atoms with Crippen LogP contribution in [0.2, 0.25) is 0 Å². The van der Waals surface area contributed by atoms with E-state index in [1.54, 1.807) is 24.7 Å². The molecule has 1 heterocycles. The lowest BCUT2D eigenvalue weighted by Gasteiger charge is -2.08. The lowest BCUT2D eigenvalue weighted by molar-refractivity contribution is 0.0696. The number of carbonyl (C=O) groups excluding carboxylic acids is 1. The molecule has 8 heteroatoms. The van der Waals surface area contributed by atoms with Gasteiger partial charge in [-0.3, -0.25) is 0 Å². The Labute approximate surface area is 128 Å². The number of H-pyrrole nitrogens is 1. The van der Waals surface area contributed by atoms with Crippen molar-refractivity contribution in [2.24, 2.45) is 0 Å². The minimum absolute atomic E-state index is 0.0882. The highest BCUT2D eigenvalue weighted by molar-refractivity contribution is 9.10. The molecule has 0 unspecified atom stereocenters. The number of nitrogens with zero attached hydrogens (tertiary/aromatic N) is 1. The van der Waals surface area contributed by atoms with Crippen molar-refractivity contribution in [2.75, 3.05) is 11.9 Å². The van der Waals surface area contributed by atoms with Gasteiger partial charge in [0.1, 0.15) is 0 Å². The average molecular weight is 353 g/mol. The van der Waals surface area contributed by atoms with Gasteiger partial charge in [0.2, 0.25) is 0 Å². The Balaban J connectivity index is 1.87. The lowest BCUT2D eigenvalue weighted by Crippen LogP contribution is -2.30. The highest BCUT2D eigenvalue weighted by Gasteiger charge is 2.10. The molecule has 110 valence electrons. The molecule has 0 saturated heterocycles. The topological polar surface area (TPSA) is 107 Å². The van der Waals surface area contributed by atoms with Gasteiger partial charge in [0.05, 0.1) is 11.9 Å². The van der Waals surface area contributed by atoms with Gasteiger partial charge in [0.25, 0.3) is 0 Å². The predicted molar refractivity (Wildman–Crippen MR) is 80.4 cm³/mol. The number of anilines is 1. The van der Waals surface area contributed by atoms with Crippen molar-refractivity contribution in [3.05, 3.63) is 46.5 Å². The van der Waals surface area contributed by atoms with Crippen LogP contribution in [0.25, 0.3) is 0 Å². The number of rotatable bonds is 5. The maximum Gasteiger partial charge on any atom is 0.336 e. The van der Waals surface area contributed by atoms with Crippen LogP contribution < -0.4 is 10.6 Å². The van der Waals surface area contributed by atoms with Crippen molar-refractivity contribution < 1.29 is 14.7 Å². The van der Waals surface area contributed by atoms with Crippen LogP contribution in [0.1, 0.15) is 16.1 Å². The first kappa shape index (κ1) is 15.0. The van der Waals surface area contributed by atoms with Crippen molar-refractivity contribution >= 4 is 33.6 Å². The van der Waals surface area contributed by atoms with Gasteiger partial charge in [0, 0.05) is 35.0 Å². The predicted octanol–water partition coefficient (Wildman–Crippen LogP) is 2.23. The summed E-state index contributed by atoms with van der Waals surface area (Å²) in [6.45, 7) is 0.441. The first-order valence-corrected chi connectivity index (χ1v) is 6.90. The third-order valence-corrected chi connectivity index (χ3v) is 3.38. The summed E-state index contributed by atoms with van der Waals surface area (Å²) >= 11 is 3.14. The molecule has 0 aliphatic heterocycles. The Hall–Kier alpha value is -2.35. The van der Waals surface area contributed by atoms with E-state index in [0.717, 1.165) is 5.69 Å². The maximum atomic E-state index is 11.7. The van der Waals surface area contributed by atoms with Crippen molar-refractivity contribution in [1.82, 2.24) is 15.3 Å². The summed E-state index contributed by atoms with van der Waals surface area (Å²) in [5.74, 6) is -1.06. The molecule has 2 aromatic rings. The second kappa shape index (κ2) is 6.89. The molecule has 0 atom stereocenters. The fraction of sp³-hybridized carbons (Fsp3) is 0.154. The number of halogens is 1. The number of imidazole rings is 1. The molecule has 0 aliphatic rings. The summed E-state index contributed by atoms with van der Waals surface area (Å²) < 4.78 is 0.459. The quantitative estimate of drug-likeness (QED) is 0.661. The minimum atomic E-state index is -1.06. The lowest BCUT2D eigenvalue weighted by atomic mass is 10.2. The van der Waals surface area contributed by atoms with E-state index in [1.165, 1.54) is 6.07 Å². The number of aromatic carboxylic acids is 1. The Morgan fingerprint density at radius 2 is 2.19 bits per heavy atom. The van der Waals surface area contributed by atoms with Gasteiger partial charge in [-0.2, -0.15) is 0 Å². The van der Waals surface area contributed by atoms with Crippen LogP contribution >= 0.6 is 15.9 Å². The van der Waals surface area contributed by atoms with Gasteiger partial charge in [-0.05, 0) is 34.1 Å². The number of aromatic nitrogens is 2. The molecule has 0 bridgehead atoms. The van der Waals surface area contributed by atoms with Crippen LogP contribution in [0.15, 0.2) is 35.2 Å². The normalized spacial score (nSPS) is 10.1. The van der Waals surface area contributed by atoms with Crippen molar-refractivity contribution in [2.45, 2.75) is 6.42 Å². The van der Waals surface area contributed by atoms with Crippen molar-refractivity contribution in [3.63, 3.8) is 0 Å². The summed E-state index contributed by atoms with van der Waals surface area (Å²) in [4.78, 5) is 29.5. The zero-order valence-corrected chi connectivity index (χ0v) is 12.5. The molecule has 1 aromatic heterocycles. The molecular weight excluding hydrogens is 340 g/mol. The number of amides is 2. The van der Waals surface area contributed by atoms with Gasteiger partial charge < -0.3 is 20.7 Å². The third-order valence-electron chi connectivity index (χ3n) is 2.69. The molecular formula is C13H13BrN4O3. The van der Waals surface area contributed by atoms with Crippen LogP contribution in [0.3, 0.4) is 0 Å². The molecule has 0 saturated carbocycles. The van der Waals surface area contributed by atoms with Gasteiger partial charge in [-0.1, -0.05) is 0 Å². The smallest absolute Gasteiger partial charge is 0.336 e. The number of nitrogens with one attached hydrogen (secondary N) is 3. The number of carbonyl (C=O) groups is 2. The van der Waals surface area contributed by atoms with Crippen LogP contribution in [-0.2, 0) is 6.42 Å². The van der Waals surface area contributed by atoms with Crippen LogP contribution in [0.5, 0.6) is 0 Å². The molecule has 2 rings (SSSR count).